The van der Waals surface area contributed by atoms with E-state index < -0.39 is 6.98 Å². The molecule has 4 aromatic rings. The van der Waals surface area contributed by atoms with Crippen LogP contribution in [0.2, 0.25) is 0 Å². The van der Waals surface area contributed by atoms with Crippen molar-refractivity contribution in [2.75, 3.05) is 19.4 Å². The third-order valence-corrected chi connectivity index (χ3v) is 7.33. The largest absolute Gasteiger partial charge is 0.469 e. The number of anilines is 1. The molecule has 172 valence electrons. The van der Waals surface area contributed by atoms with Gasteiger partial charge in [-0.15, -0.1) is 10.2 Å². The highest BCUT2D eigenvalue weighted by atomic mass is 32.1. The molecule has 0 aliphatic heterocycles. The number of pyridine rings is 2. The normalized spacial score (nSPS) is 19.6. The van der Waals surface area contributed by atoms with Crippen LogP contribution >= 0.6 is 11.3 Å². The number of hydrogen-bond acceptors (Lipinski definition) is 9. The molecule has 0 unspecified atom stereocenters. The molecule has 0 radical (unpaired) electrons. The molecule has 1 aliphatic carbocycles. The van der Waals surface area contributed by atoms with Crippen molar-refractivity contribution in [3.63, 3.8) is 0 Å². The first-order valence-corrected chi connectivity index (χ1v) is 11.6. The second-order valence-electron chi connectivity index (χ2n) is 8.16. The van der Waals surface area contributed by atoms with Crippen LogP contribution < -0.4 is 5.32 Å². The number of ether oxygens (including phenoxy) is 1. The molecule has 0 amide bonds. The van der Waals surface area contributed by atoms with E-state index in [0.29, 0.717) is 33.3 Å². The molecule has 4 aromatic heterocycles. The minimum Gasteiger partial charge on any atom is -0.469 e. The maximum absolute atomic E-state index is 11.8. The lowest BCUT2D eigenvalue weighted by atomic mass is 9.82. The van der Waals surface area contributed by atoms with Crippen LogP contribution in [0.25, 0.3) is 27.4 Å². The number of nitrogens with zero attached hydrogens (tertiary/aromatic N) is 6. The Balaban J connectivity index is 1.46. The Hall–Kier alpha value is -3.84. The molecular formula is C24H23N7O2S. The minimum atomic E-state index is -2.44. The van der Waals surface area contributed by atoms with Gasteiger partial charge in [-0.1, -0.05) is 11.3 Å². The molecule has 0 atom stereocenters. The number of nitriles is 1. The van der Waals surface area contributed by atoms with Crippen LogP contribution in [0.15, 0.2) is 36.8 Å². The van der Waals surface area contributed by atoms with Crippen molar-refractivity contribution in [2.45, 2.75) is 31.6 Å². The van der Waals surface area contributed by atoms with Gasteiger partial charge in [0.2, 0.25) is 0 Å². The van der Waals surface area contributed by atoms with Gasteiger partial charge in [0.15, 0.2) is 5.01 Å². The number of nitrogens with one attached hydrogen (secondary N) is 1. The number of carbonyl (C=O) groups is 1. The van der Waals surface area contributed by atoms with Crippen molar-refractivity contribution in [3.05, 3.63) is 47.4 Å². The van der Waals surface area contributed by atoms with Crippen LogP contribution in [-0.4, -0.2) is 44.8 Å². The first-order valence-electron chi connectivity index (χ1n) is 12.3. The van der Waals surface area contributed by atoms with Gasteiger partial charge in [0.05, 0.1) is 24.2 Å². The second-order valence-corrected chi connectivity index (χ2v) is 9.17. The number of carbonyl (C=O) groups excluding carboxylic acids is 1. The van der Waals surface area contributed by atoms with E-state index in [1.807, 2.05) is 6.07 Å². The van der Waals surface area contributed by atoms with Gasteiger partial charge in [-0.2, -0.15) is 5.26 Å². The third-order valence-electron chi connectivity index (χ3n) is 6.21. The number of methoxy groups -OCH3 is 1. The maximum Gasteiger partial charge on any atom is 0.308 e. The van der Waals surface area contributed by atoms with E-state index in [1.165, 1.54) is 24.6 Å². The molecule has 4 heterocycles. The van der Waals surface area contributed by atoms with Crippen molar-refractivity contribution in [3.8, 4) is 22.5 Å². The Morgan fingerprint density at radius 1 is 1.26 bits per heavy atom. The van der Waals surface area contributed by atoms with Crippen molar-refractivity contribution >= 4 is 34.0 Å². The molecule has 0 saturated heterocycles. The average Bonchev–Trinajstić information content (AvgIpc) is 3.54. The van der Waals surface area contributed by atoms with Crippen molar-refractivity contribution in [1.82, 2.24) is 24.7 Å². The maximum atomic E-state index is 11.8. The topological polar surface area (TPSA) is 119 Å². The van der Waals surface area contributed by atoms with Crippen molar-refractivity contribution in [1.29, 1.82) is 5.26 Å². The molecule has 34 heavy (non-hydrogen) atoms. The smallest absolute Gasteiger partial charge is 0.308 e. The van der Waals surface area contributed by atoms with Crippen LogP contribution in [0, 0.1) is 17.2 Å². The lowest BCUT2D eigenvalue weighted by Gasteiger charge is -2.25. The summed E-state index contributed by atoms with van der Waals surface area (Å²) < 4.78 is 29.9. The number of aromatic nitrogens is 5. The zero-order valence-electron chi connectivity index (χ0n) is 21.4. The summed E-state index contributed by atoms with van der Waals surface area (Å²) in [4.78, 5) is 20.8. The summed E-state index contributed by atoms with van der Waals surface area (Å²) in [5.41, 5.74) is 1.92. The first-order chi connectivity index (χ1) is 17.8. The molecule has 10 heteroatoms. The highest BCUT2D eigenvalue weighted by Gasteiger charge is 2.29. The SMILES string of the molecule is [2H]C([2H])([2H])Nc1cc(-n2ccc3cc(C#N)cnc32)ncc1-c1nnc(C2CCC(C(=O)OC)CC2)s1. The monoisotopic (exact) mass is 476 g/mol. The zero-order chi connectivity index (χ0) is 26.2. The summed E-state index contributed by atoms with van der Waals surface area (Å²) in [7, 11) is 1.41. The van der Waals surface area contributed by atoms with E-state index >= 15 is 0 Å². The van der Waals surface area contributed by atoms with Crippen LogP contribution in [0.3, 0.4) is 0 Å². The third kappa shape index (κ3) is 3.99. The molecule has 1 aliphatic rings. The summed E-state index contributed by atoms with van der Waals surface area (Å²) in [6, 6.07) is 7.27. The van der Waals surface area contributed by atoms with Crippen molar-refractivity contribution < 1.29 is 13.6 Å². The Bertz CT molecular complexity index is 1500. The molecule has 0 aromatic carbocycles. The summed E-state index contributed by atoms with van der Waals surface area (Å²) >= 11 is 1.41. The average molecular weight is 477 g/mol. The molecule has 0 bridgehead atoms. The summed E-state index contributed by atoms with van der Waals surface area (Å²) in [6.07, 6.45) is 7.94. The lowest BCUT2D eigenvalue weighted by Crippen LogP contribution is -2.22. The molecule has 0 spiro atoms. The quantitative estimate of drug-likeness (QED) is 0.424. The Kier molecular flexibility index (Phi) is 5.02. The Morgan fingerprint density at radius 2 is 2.12 bits per heavy atom. The zero-order valence-corrected chi connectivity index (χ0v) is 19.2. The minimum absolute atomic E-state index is 0.0776. The standard InChI is InChI=1S/C24H23N7O2S/c1-26-19-10-20(31-8-7-17-9-14(11-25)12-28-21(17)31)27-13-18(19)23-30-29-22(34-23)15-3-5-16(6-4-15)24(32)33-2/h7-10,12-13,15-16H,3-6H2,1-2H3,(H,26,27)/i1D3. The van der Waals surface area contributed by atoms with Gasteiger partial charge in [0.1, 0.15) is 22.5 Å². The van der Waals surface area contributed by atoms with Crippen LogP contribution in [0.1, 0.15) is 46.3 Å². The fraction of sp³-hybridized carbons (Fsp3) is 0.333. The van der Waals surface area contributed by atoms with Gasteiger partial charge in [0.25, 0.3) is 0 Å². The summed E-state index contributed by atoms with van der Waals surface area (Å²) in [5, 5.41) is 22.7. The summed E-state index contributed by atoms with van der Waals surface area (Å²) in [6.45, 7) is -2.44. The highest BCUT2D eigenvalue weighted by molar-refractivity contribution is 7.14. The van der Waals surface area contributed by atoms with E-state index in [9.17, 15) is 4.79 Å². The Morgan fingerprint density at radius 3 is 2.88 bits per heavy atom. The molecule has 9 nitrogen and oxygen atoms in total. The summed E-state index contributed by atoms with van der Waals surface area (Å²) in [5.74, 6) is 0.410. The van der Waals surface area contributed by atoms with Gasteiger partial charge < -0.3 is 10.1 Å². The van der Waals surface area contributed by atoms with Gasteiger partial charge in [-0.25, -0.2) is 9.97 Å². The van der Waals surface area contributed by atoms with Gasteiger partial charge in [-0.05, 0) is 37.8 Å². The van der Waals surface area contributed by atoms with Gasteiger partial charge in [0, 0.05) is 52.7 Å². The molecule has 1 saturated carbocycles. The van der Waals surface area contributed by atoms with Gasteiger partial charge in [-0.3, -0.25) is 9.36 Å². The van der Waals surface area contributed by atoms with Crippen LogP contribution in [0.5, 0.6) is 0 Å². The number of esters is 1. The molecule has 1 fully saturated rings. The van der Waals surface area contributed by atoms with E-state index in [0.717, 1.165) is 36.1 Å². The van der Waals surface area contributed by atoms with E-state index in [1.54, 1.807) is 29.1 Å². The predicted octanol–water partition coefficient (Wildman–Crippen LogP) is 4.30. The van der Waals surface area contributed by atoms with E-state index in [2.05, 4.69) is 31.6 Å². The van der Waals surface area contributed by atoms with Crippen LogP contribution in [0.4, 0.5) is 5.69 Å². The fourth-order valence-corrected chi connectivity index (χ4v) is 5.41. The highest BCUT2D eigenvalue weighted by Crippen LogP contribution is 2.40. The van der Waals surface area contributed by atoms with E-state index in [-0.39, 0.29) is 17.8 Å². The van der Waals surface area contributed by atoms with Gasteiger partial charge >= 0.3 is 5.97 Å². The lowest BCUT2D eigenvalue weighted by molar-refractivity contribution is -0.146. The molecule has 1 N–H and O–H groups in total. The van der Waals surface area contributed by atoms with Crippen molar-refractivity contribution in [2.24, 2.45) is 5.92 Å². The molecular weight excluding hydrogens is 450 g/mol. The second kappa shape index (κ2) is 9.19. The molecule has 5 rings (SSSR count). The number of hydrogen-bond donors (Lipinski definition) is 1. The first kappa shape index (κ1) is 18.6. The predicted molar refractivity (Wildman–Crippen MR) is 129 cm³/mol. The Labute approximate surface area is 204 Å². The number of fused-ring (bicyclic) bond motifs is 1. The fourth-order valence-electron chi connectivity index (χ4n) is 4.37. The van der Waals surface area contributed by atoms with E-state index in [4.69, 9.17) is 14.1 Å². The van der Waals surface area contributed by atoms with Crippen LogP contribution in [-0.2, 0) is 9.53 Å². The number of rotatable bonds is 5.